The zero-order chi connectivity index (χ0) is 16.4. The van der Waals surface area contributed by atoms with Crippen LogP contribution in [-0.2, 0) is 21.4 Å². The summed E-state index contributed by atoms with van der Waals surface area (Å²) in [6.07, 6.45) is 3.84. The van der Waals surface area contributed by atoms with Crippen molar-refractivity contribution in [2.75, 3.05) is 0 Å². The number of hydrogen-bond donors (Lipinski definition) is 2. The first-order chi connectivity index (χ1) is 11.0. The molecule has 2 unspecified atom stereocenters. The molecule has 0 amide bonds. The van der Waals surface area contributed by atoms with Crippen LogP contribution < -0.4 is 4.72 Å². The van der Waals surface area contributed by atoms with Crippen molar-refractivity contribution in [1.82, 2.24) is 9.71 Å². The van der Waals surface area contributed by atoms with E-state index in [2.05, 4.69) is 9.71 Å². The first-order valence-electron chi connectivity index (χ1n) is 7.19. The number of aliphatic carboxylic acids is 1. The van der Waals surface area contributed by atoms with Crippen LogP contribution >= 0.6 is 0 Å². The summed E-state index contributed by atoms with van der Waals surface area (Å²) in [5.74, 6) is -1.15. The van der Waals surface area contributed by atoms with Crippen molar-refractivity contribution >= 4 is 16.0 Å². The van der Waals surface area contributed by atoms with Gasteiger partial charge in [-0.15, -0.1) is 0 Å². The molecule has 1 aliphatic carbocycles. The molecule has 1 fully saturated rings. The maximum atomic E-state index is 12.2. The maximum Gasteiger partial charge on any atom is 0.307 e. The number of aromatic nitrogens is 1. The Hall–Kier alpha value is -2.25. The highest BCUT2D eigenvalue weighted by Crippen LogP contribution is 2.47. The molecule has 2 atom stereocenters. The number of carboxylic acid groups (broad SMARTS) is 1. The third-order valence-corrected chi connectivity index (χ3v) is 5.33. The van der Waals surface area contributed by atoms with Gasteiger partial charge in [0.2, 0.25) is 10.0 Å². The third-order valence-electron chi connectivity index (χ3n) is 3.92. The lowest BCUT2D eigenvalue weighted by Gasteiger charge is -2.07. The summed E-state index contributed by atoms with van der Waals surface area (Å²) < 4.78 is 27.0. The van der Waals surface area contributed by atoms with Crippen LogP contribution in [0.1, 0.15) is 23.5 Å². The first kappa shape index (κ1) is 15.6. The Morgan fingerprint density at radius 3 is 2.57 bits per heavy atom. The number of sulfonamides is 1. The summed E-state index contributed by atoms with van der Waals surface area (Å²) in [6.45, 7) is 0.168. The predicted molar refractivity (Wildman–Crippen MR) is 83.2 cm³/mol. The summed E-state index contributed by atoms with van der Waals surface area (Å²) >= 11 is 0. The molecule has 0 aliphatic heterocycles. The molecule has 1 aromatic heterocycles. The molecular weight excluding hydrogens is 316 g/mol. The Morgan fingerprint density at radius 1 is 1.26 bits per heavy atom. The van der Waals surface area contributed by atoms with Crippen molar-refractivity contribution in [3.05, 3.63) is 59.9 Å². The molecule has 0 spiro atoms. The van der Waals surface area contributed by atoms with E-state index in [1.807, 2.05) is 0 Å². The van der Waals surface area contributed by atoms with Crippen molar-refractivity contribution in [2.24, 2.45) is 5.92 Å². The highest BCUT2D eigenvalue weighted by atomic mass is 32.2. The second-order valence-corrected chi connectivity index (χ2v) is 7.31. The number of rotatable bonds is 6. The van der Waals surface area contributed by atoms with Crippen LogP contribution in [-0.4, -0.2) is 24.5 Å². The lowest BCUT2D eigenvalue weighted by atomic mass is 10.1. The van der Waals surface area contributed by atoms with Gasteiger partial charge in [0.1, 0.15) is 0 Å². The molecular formula is C16H16N2O4S. The van der Waals surface area contributed by atoms with Crippen molar-refractivity contribution in [3.8, 4) is 0 Å². The smallest absolute Gasteiger partial charge is 0.307 e. The van der Waals surface area contributed by atoms with Crippen LogP contribution in [0.25, 0.3) is 0 Å². The van der Waals surface area contributed by atoms with E-state index in [9.17, 15) is 13.2 Å². The SMILES string of the molecule is O=C(O)C1CC1c1ccc(S(=O)(=O)NCc2cccnc2)cc1. The van der Waals surface area contributed by atoms with E-state index in [1.54, 1.807) is 36.7 Å². The van der Waals surface area contributed by atoms with E-state index < -0.39 is 16.0 Å². The molecule has 1 saturated carbocycles. The zero-order valence-electron chi connectivity index (χ0n) is 12.2. The first-order valence-corrected chi connectivity index (χ1v) is 8.67. The van der Waals surface area contributed by atoms with Crippen LogP contribution in [0.4, 0.5) is 0 Å². The Balaban J connectivity index is 1.67. The highest BCUT2D eigenvalue weighted by molar-refractivity contribution is 7.89. The van der Waals surface area contributed by atoms with Gasteiger partial charge in [0.05, 0.1) is 10.8 Å². The van der Waals surface area contributed by atoms with Gasteiger partial charge >= 0.3 is 5.97 Å². The van der Waals surface area contributed by atoms with Gasteiger partial charge in [-0.2, -0.15) is 0 Å². The van der Waals surface area contributed by atoms with E-state index in [-0.39, 0.29) is 23.3 Å². The van der Waals surface area contributed by atoms with Crippen molar-refractivity contribution in [1.29, 1.82) is 0 Å². The summed E-state index contributed by atoms with van der Waals surface area (Å²) in [6, 6.07) is 9.93. The minimum absolute atomic E-state index is 0.00685. The van der Waals surface area contributed by atoms with Crippen LogP contribution in [0.3, 0.4) is 0 Å². The number of carboxylic acids is 1. The minimum Gasteiger partial charge on any atom is -0.481 e. The summed E-state index contributed by atoms with van der Waals surface area (Å²) in [4.78, 5) is 15.0. The summed E-state index contributed by atoms with van der Waals surface area (Å²) in [5.41, 5.74) is 1.64. The lowest BCUT2D eigenvalue weighted by Crippen LogP contribution is -2.23. The summed E-state index contributed by atoms with van der Waals surface area (Å²) in [5, 5.41) is 8.94. The van der Waals surface area contributed by atoms with Gasteiger partial charge in [-0.1, -0.05) is 18.2 Å². The Bertz CT molecular complexity index is 804. The normalized spacial score (nSPS) is 20.2. The van der Waals surface area contributed by atoms with Crippen LogP contribution in [0.5, 0.6) is 0 Å². The molecule has 2 aromatic rings. The fraction of sp³-hybridized carbons (Fsp3) is 0.250. The fourth-order valence-electron chi connectivity index (χ4n) is 2.49. The monoisotopic (exact) mass is 332 g/mol. The van der Waals surface area contributed by atoms with Crippen molar-refractivity contribution in [3.63, 3.8) is 0 Å². The summed E-state index contributed by atoms with van der Waals surface area (Å²) in [7, 11) is -3.60. The molecule has 1 aliphatic rings. The van der Waals surface area contributed by atoms with Gasteiger partial charge in [-0.3, -0.25) is 9.78 Å². The molecule has 2 N–H and O–H groups in total. The third kappa shape index (κ3) is 3.57. The van der Waals surface area contributed by atoms with E-state index >= 15 is 0 Å². The number of pyridine rings is 1. The predicted octanol–water partition coefficient (Wildman–Crippen LogP) is 1.75. The second kappa shape index (κ2) is 6.10. The standard InChI is InChI=1S/C16H16N2O4S/c19-16(20)15-8-14(15)12-3-5-13(6-4-12)23(21,22)18-10-11-2-1-7-17-9-11/h1-7,9,14-15,18H,8,10H2,(H,19,20). The largest absolute Gasteiger partial charge is 0.481 e. The Morgan fingerprint density at radius 2 is 2.00 bits per heavy atom. The number of carbonyl (C=O) groups is 1. The molecule has 0 bridgehead atoms. The van der Waals surface area contributed by atoms with Crippen molar-refractivity contribution < 1.29 is 18.3 Å². The molecule has 6 nitrogen and oxygen atoms in total. The van der Waals surface area contributed by atoms with Crippen molar-refractivity contribution in [2.45, 2.75) is 23.8 Å². The average molecular weight is 332 g/mol. The molecule has 7 heteroatoms. The molecule has 0 saturated heterocycles. The zero-order valence-corrected chi connectivity index (χ0v) is 13.0. The molecule has 1 heterocycles. The molecule has 120 valence electrons. The van der Waals surface area contributed by atoms with Gasteiger partial charge in [0, 0.05) is 18.9 Å². The molecule has 1 aromatic carbocycles. The Labute approximate surface area is 134 Å². The van der Waals surface area contributed by atoms with E-state index in [4.69, 9.17) is 5.11 Å². The van der Waals surface area contributed by atoms with E-state index in [1.165, 1.54) is 12.1 Å². The molecule has 0 radical (unpaired) electrons. The lowest BCUT2D eigenvalue weighted by molar-refractivity contribution is -0.138. The van der Waals surface area contributed by atoms with Crippen LogP contribution in [0, 0.1) is 5.92 Å². The van der Waals surface area contributed by atoms with Gasteiger partial charge in [-0.05, 0) is 41.7 Å². The van der Waals surface area contributed by atoms with Crippen LogP contribution in [0.2, 0.25) is 0 Å². The van der Waals surface area contributed by atoms with Crippen LogP contribution in [0.15, 0.2) is 53.7 Å². The van der Waals surface area contributed by atoms with Gasteiger partial charge < -0.3 is 5.11 Å². The highest BCUT2D eigenvalue weighted by Gasteiger charge is 2.44. The van der Waals surface area contributed by atoms with E-state index in [0.29, 0.717) is 6.42 Å². The number of nitrogens with zero attached hydrogens (tertiary/aromatic N) is 1. The van der Waals surface area contributed by atoms with E-state index in [0.717, 1.165) is 11.1 Å². The minimum atomic E-state index is -3.60. The molecule has 3 rings (SSSR count). The maximum absolute atomic E-state index is 12.2. The number of nitrogens with one attached hydrogen (secondary N) is 1. The van der Waals surface area contributed by atoms with Gasteiger partial charge in [0.15, 0.2) is 0 Å². The number of hydrogen-bond acceptors (Lipinski definition) is 4. The average Bonchev–Trinajstić information content (AvgIpc) is 3.35. The Kier molecular flexibility index (Phi) is 4.14. The fourth-order valence-corrected chi connectivity index (χ4v) is 3.51. The van der Waals surface area contributed by atoms with Gasteiger partial charge in [-0.25, -0.2) is 13.1 Å². The van der Waals surface area contributed by atoms with Gasteiger partial charge in [0.25, 0.3) is 0 Å². The number of benzene rings is 1. The second-order valence-electron chi connectivity index (χ2n) is 5.54. The topological polar surface area (TPSA) is 96.4 Å². The quantitative estimate of drug-likeness (QED) is 0.840. The molecule has 23 heavy (non-hydrogen) atoms.